The average molecular weight is 259 g/mol. The Balaban J connectivity index is 2.47. The Kier molecular flexibility index (Phi) is 1.96. The molecule has 0 saturated carbocycles. The molecule has 4 nitrogen and oxygen atoms in total. The van der Waals surface area contributed by atoms with Crippen LogP contribution in [0.4, 0.5) is 0 Å². The molecule has 0 unspecified atom stereocenters. The predicted molar refractivity (Wildman–Crippen MR) is 67.5 cm³/mol. The van der Waals surface area contributed by atoms with Crippen LogP contribution >= 0.6 is 11.6 Å². The molecule has 0 radical (unpaired) electrons. The second-order valence-corrected chi connectivity index (χ2v) is 5.31. The van der Waals surface area contributed by atoms with Crippen LogP contribution in [0, 0.1) is 6.85 Å². The molecule has 0 spiro atoms. The third-order valence-corrected chi connectivity index (χ3v) is 3.44. The van der Waals surface area contributed by atoms with Gasteiger partial charge < -0.3 is 9.31 Å². The van der Waals surface area contributed by atoms with E-state index in [2.05, 4.69) is 9.97 Å². The van der Waals surface area contributed by atoms with E-state index in [9.17, 15) is 0 Å². The van der Waals surface area contributed by atoms with E-state index in [1.807, 2.05) is 27.7 Å². The van der Waals surface area contributed by atoms with Gasteiger partial charge in [0.05, 0.1) is 23.9 Å². The first-order chi connectivity index (χ1) is 9.35. The third-order valence-electron chi connectivity index (χ3n) is 3.17. The van der Waals surface area contributed by atoms with Crippen molar-refractivity contribution in [2.45, 2.75) is 45.7 Å². The molecule has 0 atom stereocenters. The summed E-state index contributed by atoms with van der Waals surface area (Å²) in [5.74, 6) is 0. The van der Waals surface area contributed by atoms with Gasteiger partial charge in [-0.05, 0) is 34.5 Å². The predicted octanol–water partition coefficient (Wildman–Crippen LogP) is 1.74. The quantitative estimate of drug-likeness (QED) is 0.720. The van der Waals surface area contributed by atoms with E-state index in [-0.39, 0.29) is 22.6 Å². The van der Waals surface area contributed by atoms with Crippen LogP contribution in [-0.2, 0) is 9.31 Å². The van der Waals surface area contributed by atoms with Crippen LogP contribution in [-0.4, -0.2) is 28.3 Å². The Labute approximate surface area is 112 Å². The van der Waals surface area contributed by atoms with Crippen LogP contribution in [0.2, 0.25) is 5.15 Å². The highest BCUT2D eigenvalue weighted by Crippen LogP contribution is 2.36. The van der Waals surface area contributed by atoms with Gasteiger partial charge in [-0.15, -0.1) is 0 Å². The SMILES string of the molecule is [2H]c1nc(Cl)c(C([2H])([2H])[2H])nc1B1OC(C)(C)C(C)(C)O1. The van der Waals surface area contributed by atoms with Crippen molar-refractivity contribution >= 4 is 24.3 Å². The van der Waals surface area contributed by atoms with Crippen molar-refractivity contribution in [3.8, 4) is 0 Å². The normalized spacial score (nSPS) is 26.1. The zero-order valence-electron chi connectivity index (χ0n) is 14.2. The zero-order chi connectivity index (χ0) is 16.2. The van der Waals surface area contributed by atoms with Crippen LogP contribution in [0.15, 0.2) is 6.17 Å². The lowest BCUT2D eigenvalue weighted by Crippen LogP contribution is -2.41. The van der Waals surface area contributed by atoms with Crippen molar-refractivity contribution in [3.63, 3.8) is 0 Å². The van der Waals surface area contributed by atoms with Crippen LogP contribution in [0.25, 0.3) is 0 Å². The van der Waals surface area contributed by atoms with Gasteiger partial charge in [0.15, 0.2) is 0 Å². The summed E-state index contributed by atoms with van der Waals surface area (Å²) in [7, 11) is -0.951. The van der Waals surface area contributed by atoms with Gasteiger partial charge in [-0.1, -0.05) is 11.6 Å². The maximum atomic E-state index is 7.83. The standard InChI is InChI=1S/C11H16BClN2O2/c1-7-9(13)14-6-8(15-7)12-16-10(2,3)11(4,5)17-12/h6H,1-5H3/i1D3,6D. The molecular formula is C11H16BClN2O2. The summed E-state index contributed by atoms with van der Waals surface area (Å²) < 4.78 is 41.6. The number of hydrogen-bond donors (Lipinski definition) is 0. The number of hydrogen-bond acceptors (Lipinski definition) is 4. The van der Waals surface area contributed by atoms with E-state index >= 15 is 0 Å². The van der Waals surface area contributed by atoms with Gasteiger partial charge in [0.2, 0.25) is 0 Å². The maximum Gasteiger partial charge on any atom is 0.516 e. The van der Waals surface area contributed by atoms with Gasteiger partial charge in [0.1, 0.15) is 5.15 Å². The third kappa shape index (κ3) is 2.19. The maximum absolute atomic E-state index is 7.83. The number of aromatic nitrogens is 2. The van der Waals surface area contributed by atoms with Gasteiger partial charge in [-0.2, -0.15) is 0 Å². The van der Waals surface area contributed by atoms with E-state index < -0.39 is 25.2 Å². The molecule has 92 valence electrons. The lowest BCUT2D eigenvalue weighted by Gasteiger charge is -2.32. The number of aryl methyl sites for hydroxylation is 1. The molecule has 1 fully saturated rings. The smallest absolute Gasteiger partial charge is 0.398 e. The Bertz CT molecular complexity index is 564. The van der Waals surface area contributed by atoms with Gasteiger partial charge in [0.25, 0.3) is 0 Å². The molecule has 0 aromatic carbocycles. The molecule has 1 aromatic rings. The highest BCUT2D eigenvalue weighted by Gasteiger charge is 2.52. The van der Waals surface area contributed by atoms with Crippen molar-refractivity contribution in [1.29, 1.82) is 0 Å². The fourth-order valence-electron chi connectivity index (χ4n) is 1.41. The molecule has 1 aliphatic heterocycles. The van der Waals surface area contributed by atoms with Crippen LogP contribution in [0.5, 0.6) is 0 Å². The number of nitrogens with zero attached hydrogens (tertiary/aromatic N) is 2. The molecule has 2 rings (SSSR count). The molecule has 0 N–H and O–H groups in total. The van der Waals surface area contributed by atoms with Crippen molar-refractivity contribution in [2.24, 2.45) is 0 Å². The minimum absolute atomic E-state index is 0.0178. The fourth-order valence-corrected chi connectivity index (χ4v) is 1.50. The zero-order valence-corrected chi connectivity index (χ0v) is 10.9. The summed E-state index contributed by atoms with van der Waals surface area (Å²) >= 11 is 5.77. The summed E-state index contributed by atoms with van der Waals surface area (Å²) in [5.41, 5.74) is -1.58. The molecular weight excluding hydrogens is 238 g/mol. The molecule has 1 aliphatic rings. The topological polar surface area (TPSA) is 44.2 Å². The van der Waals surface area contributed by atoms with Crippen LogP contribution in [0.1, 0.15) is 38.9 Å². The second kappa shape index (κ2) is 3.94. The lowest BCUT2D eigenvalue weighted by molar-refractivity contribution is 0.00578. The van der Waals surface area contributed by atoms with Gasteiger partial charge in [0, 0.05) is 10.3 Å². The molecule has 1 saturated heterocycles. The molecule has 2 heterocycles. The summed E-state index contributed by atoms with van der Waals surface area (Å²) in [6.45, 7) is 4.89. The molecule has 17 heavy (non-hydrogen) atoms. The Hall–Kier alpha value is -0.645. The Morgan fingerprint density at radius 3 is 2.47 bits per heavy atom. The van der Waals surface area contributed by atoms with Crippen LogP contribution < -0.4 is 5.59 Å². The van der Waals surface area contributed by atoms with Gasteiger partial charge in [-0.25, -0.2) is 4.98 Å². The Morgan fingerprint density at radius 2 is 1.94 bits per heavy atom. The first kappa shape index (κ1) is 8.46. The van der Waals surface area contributed by atoms with E-state index in [4.69, 9.17) is 26.4 Å². The monoisotopic (exact) mass is 258 g/mol. The largest absolute Gasteiger partial charge is 0.516 e. The van der Waals surface area contributed by atoms with Crippen molar-refractivity contribution in [3.05, 3.63) is 17.0 Å². The van der Waals surface area contributed by atoms with E-state index in [1.54, 1.807) is 0 Å². The minimum Gasteiger partial charge on any atom is -0.398 e. The van der Waals surface area contributed by atoms with E-state index in [1.165, 1.54) is 0 Å². The van der Waals surface area contributed by atoms with Gasteiger partial charge in [-0.3, -0.25) is 4.98 Å². The highest BCUT2D eigenvalue weighted by atomic mass is 35.5. The first-order valence-electron chi connectivity index (χ1n) is 7.25. The molecule has 6 heteroatoms. The number of rotatable bonds is 1. The van der Waals surface area contributed by atoms with Gasteiger partial charge >= 0.3 is 7.12 Å². The highest BCUT2D eigenvalue weighted by molar-refractivity contribution is 6.61. The summed E-state index contributed by atoms with van der Waals surface area (Å²) in [4.78, 5) is 7.69. The minimum atomic E-state index is -2.52. The number of halogens is 1. The first-order valence-corrected chi connectivity index (χ1v) is 5.63. The summed E-state index contributed by atoms with van der Waals surface area (Å²) in [6, 6.07) is 0. The average Bonchev–Trinajstić information content (AvgIpc) is 2.45. The molecule has 0 bridgehead atoms. The summed E-state index contributed by atoms with van der Waals surface area (Å²) in [5, 5.41) is -0.305. The fraction of sp³-hybridized carbons (Fsp3) is 0.636. The van der Waals surface area contributed by atoms with E-state index in [0.717, 1.165) is 0 Å². The molecule has 1 aromatic heterocycles. The van der Waals surface area contributed by atoms with Crippen molar-refractivity contribution in [2.75, 3.05) is 0 Å². The van der Waals surface area contributed by atoms with E-state index in [0.29, 0.717) is 0 Å². The van der Waals surface area contributed by atoms with Crippen molar-refractivity contribution in [1.82, 2.24) is 9.97 Å². The lowest BCUT2D eigenvalue weighted by atomic mass is 9.85. The van der Waals surface area contributed by atoms with Crippen molar-refractivity contribution < 1.29 is 14.8 Å². The molecule has 0 aliphatic carbocycles. The molecule has 0 amide bonds. The summed E-state index contributed by atoms with van der Waals surface area (Å²) in [6.07, 6.45) is -0.258. The second-order valence-electron chi connectivity index (χ2n) is 4.95. The van der Waals surface area contributed by atoms with Crippen LogP contribution in [0.3, 0.4) is 0 Å². The Morgan fingerprint density at radius 1 is 1.35 bits per heavy atom.